The summed E-state index contributed by atoms with van der Waals surface area (Å²) in [5.74, 6) is -1.65. The average Bonchev–Trinajstić information content (AvgIpc) is 2.85. The number of aromatic hydroxyl groups is 1. The van der Waals surface area contributed by atoms with Crippen molar-refractivity contribution in [1.82, 2.24) is 10.2 Å². The number of hydrogen-bond donors (Lipinski definition) is 4. The van der Waals surface area contributed by atoms with E-state index in [-0.39, 0.29) is 25.1 Å². The van der Waals surface area contributed by atoms with E-state index in [1.807, 2.05) is 26.0 Å². The zero-order valence-corrected chi connectivity index (χ0v) is 23.3. The molecule has 0 spiro atoms. The molecule has 2 rings (SSSR count). The van der Waals surface area contributed by atoms with E-state index >= 15 is 0 Å². The van der Waals surface area contributed by atoms with E-state index in [0.29, 0.717) is 17.7 Å². The molecule has 0 aliphatic carbocycles. The number of rotatable bonds is 12. The van der Waals surface area contributed by atoms with Crippen LogP contribution in [-0.4, -0.2) is 52.0 Å². The first-order valence-electron chi connectivity index (χ1n) is 13.1. The molecule has 0 heterocycles. The number of ether oxygens (including phenoxy) is 1. The van der Waals surface area contributed by atoms with Crippen molar-refractivity contribution in [2.45, 2.75) is 78.0 Å². The molecule has 0 bridgehead atoms. The Morgan fingerprint density at radius 3 is 2.26 bits per heavy atom. The van der Waals surface area contributed by atoms with E-state index in [1.54, 1.807) is 45.0 Å². The first-order chi connectivity index (χ1) is 18.3. The lowest BCUT2D eigenvalue weighted by Crippen LogP contribution is -2.52. The van der Waals surface area contributed by atoms with Crippen LogP contribution in [-0.2, 0) is 19.1 Å². The molecule has 0 saturated carbocycles. The maximum absolute atomic E-state index is 14.0. The van der Waals surface area contributed by atoms with Crippen molar-refractivity contribution in [3.05, 3.63) is 59.7 Å². The number of primary amides is 1. The van der Waals surface area contributed by atoms with Gasteiger partial charge in [-0.3, -0.25) is 14.4 Å². The van der Waals surface area contributed by atoms with E-state index in [2.05, 4.69) is 10.6 Å². The van der Waals surface area contributed by atoms with Crippen molar-refractivity contribution < 1.29 is 29.0 Å². The highest BCUT2D eigenvalue weighted by atomic mass is 16.6. The molecule has 0 saturated heterocycles. The minimum absolute atomic E-state index is 0.00849. The molecule has 2 aromatic rings. The van der Waals surface area contributed by atoms with Crippen LogP contribution in [0.5, 0.6) is 5.75 Å². The molecular formula is C29H40N4O6. The van der Waals surface area contributed by atoms with Gasteiger partial charge in [-0.05, 0) is 69.9 Å². The van der Waals surface area contributed by atoms with Gasteiger partial charge in [0.2, 0.25) is 11.8 Å². The van der Waals surface area contributed by atoms with Gasteiger partial charge in [0.15, 0.2) is 0 Å². The topological polar surface area (TPSA) is 151 Å². The van der Waals surface area contributed by atoms with Crippen molar-refractivity contribution in [1.29, 1.82) is 0 Å². The number of nitrogens with zero attached hydrogens (tertiary/aromatic N) is 1. The number of anilines is 1. The molecule has 4 amide bonds. The van der Waals surface area contributed by atoms with Gasteiger partial charge in [0.25, 0.3) is 5.91 Å². The summed E-state index contributed by atoms with van der Waals surface area (Å²) in [4.78, 5) is 53.4. The van der Waals surface area contributed by atoms with Crippen LogP contribution in [0.15, 0.2) is 48.5 Å². The number of hydrogen-bond acceptors (Lipinski definition) is 6. The number of phenols is 1. The van der Waals surface area contributed by atoms with Crippen LogP contribution >= 0.6 is 0 Å². The second-order valence-corrected chi connectivity index (χ2v) is 10.4. The van der Waals surface area contributed by atoms with E-state index in [9.17, 15) is 24.3 Å². The number of unbranched alkanes of at least 4 members (excludes halogenated alkanes) is 1. The fourth-order valence-corrected chi connectivity index (χ4v) is 3.93. The Balaban J connectivity index is 2.52. The minimum atomic E-state index is -1.17. The molecule has 0 fully saturated rings. The van der Waals surface area contributed by atoms with Crippen LogP contribution in [0.3, 0.4) is 0 Å². The summed E-state index contributed by atoms with van der Waals surface area (Å²) in [7, 11) is 0. The maximum Gasteiger partial charge on any atom is 0.408 e. The number of nitrogens with two attached hydrogens (primary N) is 1. The van der Waals surface area contributed by atoms with E-state index in [4.69, 9.17) is 10.5 Å². The van der Waals surface area contributed by atoms with E-state index in [0.717, 1.165) is 12.0 Å². The fraction of sp³-hybridized carbons (Fsp3) is 0.448. The Morgan fingerprint density at radius 1 is 1.05 bits per heavy atom. The van der Waals surface area contributed by atoms with Crippen LogP contribution in [0, 0.1) is 6.92 Å². The lowest BCUT2D eigenvalue weighted by Gasteiger charge is -2.34. The van der Waals surface area contributed by atoms with Crippen LogP contribution in [0.1, 0.15) is 70.5 Å². The highest BCUT2D eigenvalue weighted by Gasteiger charge is 2.36. The number of amides is 4. The monoisotopic (exact) mass is 540 g/mol. The first kappa shape index (κ1) is 31.1. The van der Waals surface area contributed by atoms with Gasteiger partial charge < -0.3 is 31.1 Å². The largest absolute Gasteiger partial charge is 0.508 e. The maximum atomic E-state index is 14.0. The molecule has 10 nitrogen and oxygen atoms in total. The summed E-state index contributed by atoms with van der Waals surface area (Å²) in [6.07, 6.45) is 0.251. The second kappa shape index (κ2) is 14.2. The summed E-state index contributed by atoms with van der Waals surface area (Å²) in [6, 6.07) is 11.0. The van der Waals surface area contributed by atoms with Crippen molar-refractivity contribution in [3.8, 4) is 5.75 Å². The summed E-state index contributed by atoms with van der Waals surface area (Å²) < 4.78 is 5.34. The van der Waals surface area contributed by atoms with Crippen LogP contribution in [0.2, 0.25) is 0 Å². The summed E-state index contributed by atoms with van der Waals surface area (Å²) >= 11 is 0. The zero-order chi connectivity index (χ0) is 29.2. The van der Waals surface area contributed by atoms with Crippen LogP contribution in [0.4, 0.5) is 10.5 Å². The minimum Gasteiger partial charge on any atom is -0.508 e. The molecule has 2 aromatic carbocycles. The molecule has 2 unspecified atom stereocenters. The number of alkyl carbamates (subject to hydrolysis) is 1. The average molecular weight is 541 g/mol. The molecular weight excluding hydrogens is 500 g/mol. The van der Waals surface area contributed by atoms with Gasteiger partial charge in [-0.15, -0.1) is 0 Å². The predicted octanol–water partition coefficient (Wildman–Crippen LogP) is 4.17. The predicted molar refractivity (Wildman–Crippen MR) is 149 cm³/mol. The Labute approximate surface area is 229 Å². The molecule has 0 aliphatic heterocycles. The van der Waals surface area contributed by atoms with Gasteiger partial charge in [-0.2, -0.15) is 0 Å². The molecule has 5 N–H and O–H groups in total. The van der Waals surface area contributed by atoms with E-state index < -0.39 is 41.5 Å². The highest BCUT2D eigenvalue weighted by Crippen LogP contribution is 2.27. The Morgan fingerprint density at radius 2 is 1.69 bits per heavy atom. The first-order valence-corrected chi connectivity index (χ1v) is 13.1. The zero-order valence-electron chi connectivity index (χ0n) is 23.3. The standard InChI is InChI=1S/C29H40N4O6/c1-6-7-18-33(27(37)23(16-17-24(30)35)32-28(38)39-29(3,4)5)25(20-12-14-21(34)15-13-20)26(36)31-22-11-9-8-10-19(22)2/h8-15,23,25,34H,6-7,16-18H2,1-5H3,(H2,30,35)(H,31,36)(H,32,38). The number of phenolic OH excluding ortho intramolecular Hbond substituents is 1. The van der Waals surface area contributed by atoms with Crippen molar-refractivity contribution in [2.24, 2.45) is 5.73 Å². The Kier molecular flexibility index (Phi) is 11.3. The van der Waals surface area contributed by atoms with Gasteiger partial charge in [0.05, 0.1) is 0 Å². The lowest BCUT2D eigenvalue weighted by molar-refractivity contribution is -0.141. The number of carbonyl (C=O) groups is 4. The quantitative estimate of drug-likeness (QED) is 0.317. The molecule has 0 aromatic heterocycles. The number of aryl methyl sites for hydroxylation is 1. The third-order valence-corrected chi connectivity index (χ3v) is 5.88. The molecule has 212 valence electrons. The SMILES string of the molecule is CCCCN(C(=O)C(CCC(N)=O)NC(=O)OC(C)(C)C)C(C(=O)Nc1ccccc1C)c1ccc(O)cc1. The van der Waals surface area contributed by atoms with Gasteiger partial charge in [0.1, 0.15) is 23.4 Å². The van der Waals surface area contributed by atoms with Gasteiger partial charge >= 0.3 is 6.09 Å². The molecule has 0 radical (unpaired) electrons. The number of nitrogens with one attached hydrogen (secondary N) is 2. The van der Waals surface area contributed by atoms with Gasteiger partial charge in [-0.25, -0.2) is 4.79 Å². The van der Waals surface area contributed by atoms with Gasteiger partial charge in [0, 0.05) is 18.7 Å². The van der Waals surface area contributed by atoms with Crippen LogP contribution < -0.4 is 16.4 Å². The molecule has 2 atom stereocenters. The second-order valence-electron chi connectivity index (χ2n) is 10.4. The summed E-state index contributed by atoms with van der Waals surface area (Å²) in [6.45, 7) is 9.08. The molecule has 39 heavy (non-hydrogen) atoms. The Hall–Kier alpha value is -4.08. The van der Waals surface area contributed by atoms with Gasteiger partial charge in [-0.1, -0.05) is 43.7 Å². The summed E-state index contributed by atoms with van der Waals surface area (Å²) in [5, 5.41) is 15.3. The van der Waals surface area contributed by atoms with Crippen molar-refractivity contribution in [2.75, 3.05) is 11.9 Å². The van der Waals surface area contributed by atoms with Crippen molar-refractivity contribution >= 4 is 29.5 Å². The number of benzene rings is 2. The lowest BCUT2D eigenvalue weighted by atomic mass is 10.0. The third-order valence-electron chi connectivity index (χ3n) is 5.88. The number of carbonyl (C=O) groups excluding carboxylic acids is 4. The Bertz CT molecular complexity index is 1140. The fourth-order valence-electron chi connectivity index (χ4n) is 3.93. The molecule has 10 heteroatoms. The van der Waals surface area contributed by atoms with E-state index in [1.165, 1.54) is 17.0 Å². The van der Waals surface area contributed by atoms with Crippen molar-refractivity contribution in [3.63, 3.8) is 0 Å². The third kappa shape index (κ3) is 9.96. The number of para-hydroxylation sites is 1. The molecule has 0 aliphatic rings. The highest BCUT2D eigenvalue weighted by molar-refractivity contribution is 5.99. The van der Waals surface area contributed by atoms with Crippen LogP contribution in [0.25, 0.3) is 0 Å². The smallest absolute Gasteiger partial charge is 0.408 e. The summed E-state index contributed by atoms with van der Waals surface area (Å²) in [5.41, 5.74) is 6.43. The normalized spacial score (nSPS) is 12.6.